The third kappa shape index (κ3) is 3.13. The molecule has 0 saturated heterocycles. The van der Waals surface area contributed by atoms with Crippen LogP contribution in [0.4, 0.5) is 4.39 Å². The highest BCUT2D eigenvalue weighted by molar-refractivity contribution is 5.51. The number of alkyl halides is 1. The van der Waals surface area contributed by atoms with Crippen LogP contribution in [0.15, 0.2) is 12.1 Å². The number of methoxy groups -OCH3 is 2. The van der Waals surface area contributed by atoms with Crippen molar-refractivity contribution in [3.05, 3.63) is 23.3 Å². The molecular formula is C14H22FNO2. The van der Waals surface area contributed by atoms with Crippen LogP contribution in [0.5, 0.6) is 11.5 Å². The fourth-order valence-electron chi connectivity index (χ4n) is 2.01. The minimum Gasteiger partial charge on any atom is -0.493 e. The Morgan fingerprint density at radius 2 is 1.89 bits per heavy atom. The highest BCUT2D eigenvalue weighted by atomic mass is 19.1. The van der Waals surface area contributed by atoms with Crippen LogP contribution in [-0.4, -0.2) is 20.8 Å². The Bertz CT molecular complexity index is 394. The Balaban J connectivity index is 3.27. The standard InChI is InChI=1S/C14H22FNO2/c1-9(5-6-16)11-7-12(10(2)15)14(18-4)13(8-11)17-3/h7-10H,5-6,16H2,1-4H3. The number of halogens is 1. The van der Waals surface area contributed by atoms with Crippen molar-refractivity contribution >= 4 is 0 Å². The first kappa shape index (κ1) is 14.8. The summed E-state index contributed by atoms with van der Waals surface area (Å²) in [6.07, 6.45) is -0.242. The minimum absolute atomic E-state index is 0.271. The van der Waals surface area contributed by atoms with Gasteiger partial charge in [-0.15, -0.1) is 0 Å². The summed E-state index contributed by atoms with van der Waals surface area (Å²) >= 11 is 0. The van der Waals surface area contributed by atoms with Gasteiger partial charge in [-0.3, -0.25) is 0 Å². The van der Waals surface area contributed by atoms with E-state index in [1.165, 1.54) is 14.0 Å². The van der Waals surface area contributed by atoms with Crippen LogP contribution in [0.1, 0.15) is 43.5 Å². The van der Waals surface area contributed by atoms with Crippen LogP contribution in [0.3, 0.4) is 0 Å². The predicted molar refractivity (Wildman–Crippen MR) is 71.2 cm³/mol. The van der Waals surface area contributed by atoms with Crippen molar-refractivity contribution < 1.29 is 13.9 Å². The van der Waals surface area contributed by atoms with Gasteiger partial charge in [0.15, 0.2) is 11.5 Å². The van der Waals surface area contributed by atoms with E-state index < -0.39 is 6.17 Å². The maximum absolute atomic E-state index is 13.7. The number of nitrogens with two attached hydrogens (primary N) is 1. The number of hydrogen-bond acceptors (Lipinski definition) is 3. The molecule has 0 aromatic heterocycles. The Kier molecular flexibility index (Phi) is 5.41. The molecule has 0 fully saturated rings. The zero-order chi connectivity index (χ0) is 13.7. The van der Waals surface area contributed by atoms with Gasteiger partial charge in [-0.25, -0.2) is 4.39 Å². The largest absolute Gasteiger partial charge is 0.493 e. The van der Waals surface area contributed by atoms with E-state index in [0.29, 0.717) is 23.6 Å². The fourth-order valence-corrected chi connectivity index (χ4v) is 2.01. The molecule has 1 aromatic carbocycles. The third-order valence-corrected chi connectivity index (χ3v) is 3.13. The van der Waals surface area contributed by atoms with Crippen LogP contribution in [-0.2, 0) is 0 Å². The summed E-state index contributed by atoms with van der Waals surface area (Å²) in [7, 11) is 3.08. The van der Waals surface area contributed by atoms with E-state index in [1.807, 2.05) is 12.1 Å². The molecule has 2 atom stereocenters. The van der Waals surface area contributed by atoms with Crippen molar-refractivity contribution in [2.45, 2.75) is 32.4 Å². The van der Waals surface area contributed by atoms with Crippen LogP contribution >= 0.6 is 0 Å². The molecule has 2 unspecified atom stereocenters. The second kappa shape index (κ2) is 6.59. The molecular weight excluding hydrogens is 233 g/mol. The van der Waals surface area contributed by atoms with Crippen molar-refractivity contribution in [3.8, 4) is 11.5 Å². The Morgan fingerprint density at radius 1 is 1.22 bits per heavy atom. The van der Waals surface area contributed by atoms with Gasteiger partial charge in [0, 0.05) is 5.56 Å². The summed E-state index contributed by atoms with van der Waals surface area (Å²) in [6.45, 7) is 4.17. The first-order valence-electron chi connectivity index (χ1n) is 6.15. The zero-order valence-corrected chi connectivity index (χ0v) is 11.5. The summed E-state index contributed by atoms with van der Waals surface area (Å²) in [5.74, 6) is 1.31. The van der Waals surface area contributed by atoms with Gasteiger partial charge in [-0.05, 0) is 43.5 Å². The first-order chi connectivity index (χ1) is 8.54. The van der Waals surface area contributed by atoms with Crippen LogP contribution in [0.2, 0.25) is 0 Å². The fraction of sp³-hybridized carbons (Fsp3) is 0.571. The van der Waals surface area contributed by atoms with Gasteiger partial charge in [0.25, 0.3) is 0 Å². The van der Waals surface area contributed by atoms with Crippen molar-refractivity contribution in [2.75, 3.05) is 20.8 Å². The molecule has 0 aliphatic rings. The second-order valence-corrected chi connectivity index (χ2v) is 4.44. The van der Waals surface area contributed by atoms with E-state index in [2.05, 4.69) is 6.92 Å². The highest BCUT2D eigenvalue weighted by Crippen LogP contribution is 2.39. The van der Waals surface area contributed by atoms with Gasteiger partial charge in [-0.1, -0.05) is 6.92 Å². The van der Waals surface area contributed by atoms with E-state index in [1.54, 1.807) is 7.11 Å². The topological polar surface area (TPSA) is 44.5 Å². The molecule has 1 rings (SSSR count). The van der Waals surface area contributed by atoms with Crippen molar-refractivity contribution in [2.24, 2.45) is 5.73 Å². The SMILES string of the molecule is COc1cc(C(C)CCN)cc(C(C)F)c1OC. The van der Waals surface area contributed by atoms with Crippen molar-refractivity contribution in [3.63, 3.8) is 0 Å². The molecule has 4 heteroatoms. The zero-order valence-electron chi connectivity index (χ0n) is 11.5. The second-order valence-electron chi connectivity index (χ2n) is 4.44. The van der Waals surface area contributed by atoms with E-state index in [-0.39, 0.29) is 5.92 Å². The van der Waals surface area contributed by atoms with Gasteiger partial charge in [0.1, 0.15) is 6.17 Å². The molecule has 0 spiro atoms. The monoisotopic (exact) mass is 255 g/mol. The minimum atomic E-state index is -1.10. The Hall–Kier alpha value is -1.29. The third-order valence-electron chi connectivity index (χ3n) is 3.13. The smallest absolute Gasteiger partial charge is 0.166 e. The van der Waals surface area contributed by atoms with E-state index in [0.717, 1.165) is 12.0 Å². The maximum Gasteiger partial charge on any atom is 0.166 e. The normalized spacial score (nSPS) is 14.1. The molecule has 0 amide bonds. The average Bonchev–Trinajstić information content (AvgIpc) is 2.37. The predicted octanol–water partition coefficient (Wildman–Crippen LogP) is 3.19. The number of ether oxygens (including phenoxy) is 2. The van der Waals surface area contributed by atoms with E-state index in [9.17, 15) is 4.39 Å². The molecule has 3 nitrogen and oxygen atoms in total. The van der Waals surface area contributed by atoms with Gasteiger partial charge in [0.2, 0.25) is 0 Å². The molecule has 0 aliphatic heterocycles. The van der Waals surface area contributed by atoms with E-state index in [4.69, 9.17) is 15.2 Å². The molecule has 1 aromatic rings. The summed E-state index contributed by atoms with van der Waals surface area (Å²) in [4.78, 5) is 0. The number of hydrogen-bond donors (Lipinski definition) is 1. The lowest BCUT2D eigenvalue weighted by atomic mass is 9.94. The molecule has 18 heavy (non-hydrogen) atoms. The molecule has 0 heterocycles. The average molecular weight is 255 g/mol. The maximum atomic E-state index is 13.7. The van der Waals surface area contributed by atoms with Crippen LogP contribution in [0, 0.1) is 0 Å². The van der Waals surface area contributed by atoms with Gasteiger partial charge in [0.05, 0.1) is 14.2 Å². The Labute approximate surface area is 108 Å². The van der Waals surface area contributed by atoms with Crippen molar-refractivity contribution in [1.29, 1.82) is 0 Å². The molecule has 0 aliphatic carbocycles. The van der Waals surface area contributed by atoms with Gasteiger partial charge in [-0.2, -0.15) is 0 Å². The first-order valence-corrected chi connectivity index (χ1v) is 6.15. The van der Waals surface area contributed by atoms with Gasteiger partial charge >= 0.3 is 0 Å². The van der Waals surface area contributed by atoms with Crippen LogP contribution in [0.25, 0.3) is 0 Å². The number of benzene rings is 1. The van der Waals surface area contributed by atoms with Gasteiger partial charge < -0.3 is 15.2 Å². The lowest BCUT2D eigenvalue weighted by Crippen LogP contribution is -2.06. The van der Waals surface area contributed by atoms with Crippen LogP contribution < -0.4 is 15.2 Å². The summed E-state index contributed by atoms with van der Waals surface area (Å²) < 4.78 is 24.2. The summed E-state index contributed by atoms with van der Waals surface area (Å²) in [5, 5.41) is 0. The lowest BCUT2D eigenvalue weighted by molar-refractivity contribution is 0.323. The molecule has 0 radical (unpaired) electrons. The summed E-state index contributed by atoms with van der Waals surface area (Å²) in [6, 6.07) is 3.73. The lowest BCUT2D eigenvalue weighted by Gasteiger charge is -2.18. The van der Waals surface area contributed by atoms with E-state index >= 15 is 0 Å². The molecule has 2 N–H and O–H groups in total. The highest BCUT2D eigenvalue weighted by Gasteiger charge is 2.19. The number of rotatable bonds is 6. The Morgan fingerprint density at radius 3 is 2.33 bits per heavy atom. The molecule has 0 saturated carbocycles. The summed E-state index contributed by atoms with van der Waals surface area (Å²) in [5.41, 5.74) is 7.11. The quantitative estimate of drug-likeness (QED) is 0.849. The molecule has 0 bridgehead atoms. The molecule has 102 valence electrons. The van der Waals surface area contributed by atoms with Crippen molar-refractivity contribution in [1.82, 2.24) is 0 Å².